The number of benzene rings is 2. The third-order valence-corrected chi connectivity index (χ3v) is 6.06. The van der Waals surface area contributed by atoms with E-state index in [1.165, 1.54) is 17.0 Å². The van der Waals surface area contributed by atoms with Crippen LogP contribution in [0.1, 0.15) is 78.0 Å². The lowest BCUT2D eigenvalue weighted by Crippen LogP contribution is -2.54. The minimum absolute atomic E-state index is 0.0577. The molecule has 0 aromatic heterocycles. The van der Waals surface area contributed by atoms with Crippen LogP contribution in [-0.4, -0.2) is 46.1 Å². The Morgan fingerprint density at radius 2 is 1.63 bits per heavy atom. The summed E-state index contributed by atoms with van der Waals surface area (Å²) in [6.45, 7) is 13.2. The van der Waals surface area contributed by atoms with Crippen LogP contribution in [0.3, 0.4) is 0 Å². The van der Waals surface area contributed by atoms with E-state index in [-0.39, 0.29) is 23.5 Å². The predicted octanol–water partition coefficient (Wildman–Crippen LogP) is 5.95. The number of para-hydroxylation sites is 1. The van der Waals surface area contributed by atoms with E-state index in [0.29, 0.717) is 24.2 Å². The highest BCUT2D eigenvalue weighted by molar-refractivity contribution is 5.99. The molecule has 0 bridgehead atoms. The van der Waals surface area contributed by atoms with Crippen molar-refractivity contribution < 1.29 is 24.2 Å². The van der Waals surface area contributed by atoms with Gasteiger partial charge in [0.1, 0.15) is 23.4 Å². The molecule has 0 spiro atoms. The number of aryl methyl sites for hydroxylation is 1. The van der Waals surface area contributed by atoms with Crippen molar-refractivity contribution in [1.82, 2.24) is 10.2 Å². The van der Waals surface area contributed by atoms with E-state index in [9.17, 15) is 19.5 Å². The Hall–Kier alpha value is -3.55. The summed E-state index contributed by atoms with van der Waals surface area (Å²) in [5.74, 6) is -0.958. The zero-order valence-electron chi connectivity index (χ0n) is 23.7. The number of nitrogens with one attached hydrogen (secondary N) is 2. The second kappa shape index (κ2) is 13.8. The molecule has 0 aliphatic carbocycles. The number of hydrogen-bond donors (Lipinski definition) is 3. The van der Waals surface area contributed by atoms with Gasteiger partial charge < -0.3 is 25.4 Å². The van der Waals surface area contributed by atoms with Crippen molar-refractivity contribution in [3.8, 4) is 5.75 Å². The molecule has 0 aliphatic heterocycles. The van der Waals surface area contributed by atoms with Crippen molar-refractivity contribution in [3.63, 3.8) is 0 Å². The van der Waals surface area contributed by atoms with Crippen LogP contribution in [0.5, 0.6) is 5.75 Å². The number of nitrogens with zero attached hydrogens (tertiary/aromatic N) is 1. The first kappa shape index (κ1) is 30.7. The van der Waals surface area contributed by atoms with Gasteiger partial charge in [-0.05, 0) is 69.4 Å². The van der Waals surface area contributed by atoms with Crippen LogP contribution in [0, 0.1) is 12.8 Å². The molecule has 0 aliphatic rings. The molecule has 8 heteroatoms. The number of alkyl carbamates (subject to hydrolysis) is 1. The first-order valence-electron chi connectivity index (χ1n) is 13.3. The van der Waals surface area contributed by atoms with Gasteiger partial charge in [-0.25, -0.2) is 4.79 Å². The van der Waals surface area contributed by atoms with Gasteiger partial charge >= 0.3 is 6.09 Å². The number of aromatic hydroxyl groups is 1. The van der Waals surface area contributed by atoms with Crippen molar-refractivity contribution in [3.05, 3.63) is 59.7 Å². The van der Waals surface area contributed by atoms with Gasteiger partial charge in [0.2, 0.25) is 5.91 Å². The first-order chi connectivity index (χ1) is 17.8. The molecule has 208 valence electrons. The molecular weight excluding hydrogens is 482 g/mol. The largest absolute Gasteiger partial charge is 0.508 e. The van der Waals surface area contributed by atoms with Crippen LogP contribution >= 0.6 is 0 Å². The maximum Gasteiger partial charge on any atom is 0.408 e. The monoisotopic (exact) mass is 525 g/mol. The van der Waals surface area contributed by atoms with Gasteiger partial charge in [-0.3, -0.25) is 9.59 Å². The van der Waals surface area contributed by atoms with E-state index in [4.69, 9.17) is 4.74 Å². The van der Waals surface area contributed by atoms with E-state index in [0.717, 1.165) is 18.4 Å². The predicted molar refractivity (Wildman–Crippen MR) is 150 cm³/mol. The number of amides is 3. The Labute approximate surface area is 226 Å². The number of unbranched alkanes of at least 4 members (excludes halogenated alkanes) is 2. The summed E-state index contributed by atoms with van der Waals surface area (Å²) in [4.78, 5) is 42.1. The third-order valence-electron chi connectivity index (χ3n) is 6.06. The van der Waals surface area contributed by atoms with Gasteiger partial charge in [-0.1, -0.05) is 63.9 Å². The lowest BCUT2D eigenvalue weighted by atomic mass is 9.98. The van der Waals surface area contributed by atoms with Crippen LogP contribution in [0.25, 0.3) is 0 Å². The number of carbonyl (C=O) groups is 3. The van der Waals surface area contributed by atoms with Crippen molar-refractivity contribution >= 4 is 23.6 Å². The Morgan fingerprint density at radius 3 is 2.18 bits per heavy atom. The Morgan fingerprint density at radius 1 is 1.00 bits per heavy atom. The lowest BCUT2D eigenvalue weighted by Gasteiger charge is -2.35. The number of anilines is 1. The zero-order chi connectivity index (χ0) is 28.5. The molecule has 2 unspecified atom stereocenters. The quantitative estimate of drug-likeness (QED) is 0.314. The van der Waals surface area contributed by atoms with Crippen molar-refractivity contribution in [2.45, 2.75) is 85.4 Å². The molecule has 3 N–H and O–H groups in total. The van der Waals surface area contributed by atoms with Crippen molar-refractivity contribution in [2.75, 3.05) is 11.9 Å². The smallest absolute Gasteiger partial charge is 0.408 e. The SMILES string of the molecule is CCCCCN(C(=O)C(NC(=O)OC(C)(C)C)C(C)C)C(C(=O)Nc1ccccc1C)c1ccc(O)cc1. The second-order valence-electron chi connectivity index (χ2n) is 10.9. The number of phenols is 1. The van der Waals surface area contributed by atoms with E-state index >= 15 is 0 Å². The molecule has 0 radical (unpaired) electrons. The standard InChI is InChI=1S/C30H43N3O5/c1-8-9-12-19-33(28(36)25(20(2)3)32-29(37)38-30(5,6)7)26(22-15-17-23(34)18-16-22)27(35)31-24-14-11-10-13-21(24)4/h10-11,13-18,20,25-26,34H,8-9,12,19H2,1-7H3,(H,31,35)(H,32,37). The Bertz CT molecular complexity index is 1080. The number of hydrogen-bond acceptors (Lipinski definition) is 5. The number of ether oxygens (including phenoxy) is 1. The van der Waals surface area contributed by atoms with Crippen molar-refractivity contribution in [1.29, 1.82) is 0 Å². The summed E-state index contributed by atoms with van der Waals surface area (Å²) in [5.41, 5.74) is 1.37. The van der Waals surface area contributed by atoms with Gasteiger partial charge in [0.15, 0.2) is 0 Å². The topological polar surface area (TPSA) is 108 Å². The molecule has 2 aromatic rings. The summed E-state index contributed by atoms with van der Waals surface area (Å²) >= 11 is 0. The zero-order valence-corrected chi connectivity index (χ0v) is 23.7. The van der Waals surface area contributed by atoms with Gasteiger partial charge in [0.05, 0.1) is 0 Å². The van der Waals surface area contributed by atoms with Crippen LogP contribution in [0.2, 0.25) is 0 Å². The van der Waals surface area contributed by atoms with E-state index in [1.54, 1.807) is 32.9 Å². The summed E-state index contributed by atoms with van der Waals surface area (Å²) < 4.78 is 5.42. The fourth-order valence-electron chi connectivity index (χ4n) is 4.07. The number of carbonyl (C=O) groups excluding carboxylic acids is 3. The van der Waals surface area contributed by atoms with Gasteiger partial charge in [-0.15, -0.1) is 0 Å². The third kappa shape index (κ3) is 9.08. The van der Waals surface area contributed by atoms with E-state index in [2.05, 4.69) is 17.6 Å². The molecule has 2 rings (SSSR count). The Balaban J connectivity index is 2.52. The molecule has 3 amide bonds. The fraction of sp³-hybridized carbons (Fsp3) is 0.500. The van der Waals surface area contributed by atoms with Crippen LogP contribution in [-0.2, 0) is 14.3 Å². The molecule has 0 saturated carbocycles. The molecule has 2 atom stereocenters. The summed E-state index contributed by atoms with van der Waals surface area (Å²) in [6.07, 6.45) is 1.80. The van der Waals surface area contributed by atoms with Gasteiger partial charge in [0.25, 0.3) is 5.91 Å². The Kier molecular flexibility index (Phi) is 11.2. The molecular formula is C30H43N3O5. The maximum atomic E-state index is 14.1. The number of rotatable bonds is 11. The molecule has 0 saturated heterocycles. The van der Waals surface area contributed by atoms with Gasteiger partial charge in [0, 0.05) is 12.2 Å². The lowest BCUT2D eigenvalue weighted by molar-refractivity contribution is -0.141. The highest BCUT2D eigenvalue weighted by atomic mass is 16.6. The van der Waals surface area contributed by atoms with Crippen LogP contribution in [0.4, 0.5) is 10.5 Å². The van der Waals surface area contributed by atoms with Crippen LogP contribution in [0.15, 0.2) is 48.5 Å². The van der Waals surface area contributed by atoms with E-state index in [1.807, 2.05) is 45.0 Å². The average Bonchev–Trinajstić information content (AvgIpc) is 2.83. The normalized spacial score (nSPS) is 12.9. The molecule has 0 heterocycles. The highest BCUT2D eigenvalue weighted by Gasteiger charge is 2.37. The number of phenolic OH excluding ortho intramolecular Hbond substituents is 1. The van der Waals surface area contributed by atoms with E-state index < -0.39 is 23.8 Å². The summed E-state index contributed by atoms with van der Waals surface area (Å²) in [5, 5.41) is 15.6. The molecule has 0 fully saturated rings. The highest BCUT2D eigenvalue weighted by Crippen LogP contribution is 2.28. The first-order valence-corrected chi connectivity index (χ1v) is 13.3. The molecule has 38 heavy (non-hydrogen) atoms. The second-order valence-corrected chi connectivity index (χ2v) is 10.9. The van der Waals surface area contributed by atoms with Crippen molar-refractivity contribution in [2.24, 2.45) is 5.92 Å². The minimum atomic E-state index is -0.985. The summed E-state index contributed by atoms with van der Waals surface area (Å²) in [7, 11) is 0. The van der Waals surface area contributed by atoms with Crippen LogP contribution < -0.4 is 10.6 Å². The average molecular weight is 526 g/mol. The molecule has 2 aromatic carbocycles. The maximum absolute atomic E-state index is 14.1. The fourth-order valence-corrected chi connectivity index (χ4v) is 4.07. The minimum Gasteiger partial charge on any atom is -0.508 e. The molecule has 8 nitrogen and oxygen atoms in total. The van der Waals surface area contributed by atoms with Gasteiger partial charge in [-0.2, -0.15) is 0 Å². The summed E-state index contributed by atoms with van der Waals surface area (Å²) in [6, 6.07) is 11.8.